The second kappa shape index (κ2) is 15.8. The molecule has 0 unspecified atom stereocenters. The second-order valence-corrected chi connectivity index (χ2v) is 6.29. The average molecular weight is 386 g/mol. The van der Waals surface area contributed by atoms with Crippen LogP contribution in [0.15, 0.2) is 42.5 Å². The average Bonchev–Trinajstić information content (AvgIpc) is 3.06. The highest BCUT2D eigenvalue weighted by Gasteiger charge is 2.01. The quantitative estimate of drug-likeness (QED) is 0.605. The van der Waals surface area contributed by atoms with Gasteiger partial charge in [-0.3, -0.25) is 4.79 Å². The Hall–Kier alpha value is -1.73. The summed E-state index contributed by atoms with van der Waals surface area (Å²) in [6, 6.07) is 13.0. The van der Waals surface area contributed by atoms with Crippen molar-refractivity contribution >= 4 is 35.2 Å². The molecule has 1 aromatic carbocycles. The molecule has 7 heteroatoms. The lowest BCUT2D eigenvalue weighted by Gasteiger charge is -2.04. The summed E-state index contributed by atoms with van der Waals surface area (Å²) in [5.41, 5.74) is 0.984. The van der Waals surface area contributed by atoms with E-state index < -0.39 is 0 Å². The SMILES string of the molecule is CCOCC(=O)OCc1ccccc1.CNC.O=Cc1ccc(Cl)s1. The first-order valence-electron chi connectivity index (χ1n) is 7.63. The van der Waals surface area contributed by atoms with Gasteiger partial charge in [0.1, 0.15) is 13.2 Å². The topological polar surface area (TPSA) is 64.6 Å². The molecule has 1 N–H and O–H groups in total. The zero-order valence-electron chi connectivity index (χ0n) is 14.7. The van der Waals surface area contributed by atoms with Crippen molar-refractivity contribution in [2.75, 3.05) is 27.3 Å². The van der Waals surface area contributed by atoms with Crippen LogP contribution in [-0.2, 0) is 20.9 Å². The van der Waals surface area contributed by atoms with Crippen molar-refractivity contribution < 1.29 is 19.1 Å². The number of carbonyl (C=O) groups is 2. The van der Waals surface area contributed by atoms with Gasteiger partial charge in [0.25, 0.3) is 0 Å². The summed E-state index contributed by atoms with van der Waals surface area (Å²) in [5, 5.41) is 2.75. The first-order chi connectivity index (χ1) is 12.1. The Morgan fingerprint density at radius 2 is 1.84 bits per heavy atom. The van der Waals surface area contributed by atoms with E-state index in [0.717, 1.165) is 11.8 Å². The Balaban J connectivity index is 0.000000440. The van der Waals surface area contributed by atoms with Crippen LogP contribution < -0.4 is 5.32 Å². The lowest BCUT2D eigenvalue weighted by Crippen LogP contribution is -2.12. The van der Waals surface area contributed by atoms with Crippen molar-refractivity contribution in [2.24, 2.45) is 0 Å². The van der Waals surface area contributed by atoms with Crippen LogP contribution in [0, 0.1) is 0 Å². The summed E-state index contributed by atoms with van der Waals surface area (Å²) in [4.78, 5) is 21.7. The van der Waals surface area contributed by atoms with Crippen LogP contribution in [0.4, 0.5) is 0 Å². The second-order valence-electron chi connectivity index (χ2n) is 4.54. The van der Waals surface area contributed by atoms with Crippen LogP contribution in [0.1, 0.15) is 22.2 Å². The van der Waals surface area contributed by atoms with E-state index in [9.17, 15) is 9.59 Å². The predicted molar refractivity (Wildman–Crippen MR) is 102 cm³/mol. The highest BCUT2D eigenvalue weighted by atomic mass is 35.5. The molecule has 0 radical (unpaired) electrons. The number of aldehydes is 1. The predicted octanol–water partition coefficient (Wildman–Crippen LogP) is 3.82. The van der Waals surface area contributed by atoms with E-state index in [2.05, 4.69) is 5.32 Å². The number of rotatable bonds is 6. The maximum Gasteiger partial charge on any atom is 0.332 e. The zero-order valence-corrected chi connectivity index (χ0v) is 16.2. The third-order valence-electron chi connectivity index (χ3n) is 2.38. The summed E-state index contributed by atoms with van der Waals surface area (Å²) in [6.07, 6.45) is 0.788. The number of thiophene rings is 1. The molecule has 0 atom stereocenters. The zero-order chi connectivity index (χ0) is 18.9. The maximum atomic E-state index is 11.0. The number of esters is 1. The molecule has 1 aromatic heterocycles. The number of halogens is 1. The smallest absolute Gasteiger partial charge is 0.332 e. The number of hydrogen-bond acceptors (Lipinski definition) is 6. The number of benzene rings is 1. The van der Waals surface area contributed by atoms with Crippen molar-refractivity contribution in [1.29, 1.82) is 0 Å². The van der Waals surface area contributed by atoms with E-state index in [1.165, 1.54) is 11.3 Å². The Morgan fingerprint density at radius 3 is 2.28 bits per heavy atom. The van der Waals surface area contributed by atoms with Gasteiger partial charge in [0.15, 0.2) is 6.29 Å². The van der Waals surface area contributed by atoms with Gasteiger partial charge in [-0.15, -0.1) is 11.3 Å². The van der Waals surface area contributed by atoms with Crippen molar-refractivity contribution in [3.63, 3.8) is 0 Å². The van der Waals surface area contributed by atoms with Crippen LogP contribution >= 0.6 is 22.9 Å². The molecule has 25 heavy (non-hydrogen) atoms. The number of hydrogen-bond donors (Lipinski definition) is 1. The molecule has 2 aromatic rings. The Kier molecular flexibility index (Phi) is 14.7. The minimum Gasteiger partial charge on any atom is -0.459 e. The molecule has 138 valence electrons. The first-order valence-corrected chi connectivity index (χ1v) is 8.83. The van der Waals surface area contributed by atoms with Crippen LogP contribution in [-0.4, -0.2) is 39.6 Å². The molecule has 0 aliphatic carbocycles. The normalized spacial score (nSPS) is 9.12. The summed E-state index contributed by atoms with van der Waals surface area (Å²) < 4.78 is 10.5. The fraction of sp³-hybridized carbons (Fsp3) is 0.333. The fourth-order valence-electron chi connectivity index (χ4n) is 1.36. The van der Waals surface area contributed by atoms with E-state index in [0.29, 0.717) is 22.4 Å². The van der Waals surface area contributed by atoms with Crippen molar-refractivity contribution in [3.8, 4) is 0 Å². The fourth-order valence-corrected chi connectivity index (χ4v) is 2.23. The highest BCUT2D eigenvalue weighted by molar-refractivity contribution is 7.17. The third-order valence-corrected chi connectivity index (χ3v) is 3.53. The van der Waals surface area contributed by atoms with Gasteiger partial charge in [-0.1, -0.05) is 41.9 Å². The summed E-state index contributed by atoms with van der Waals surface area (Å²) >= 11 is 6.78. The molecule has 0 aliphatic heterocycles. The van der Waals surface area contributed by atoms with Gasteiger partial charge in [-0.2, -0.15) is 0 Å². The first kappa shape index (κ1) is 23.3. The lowest BCUT2D eigenvalue weighted by atomic mass is 10.2. The minimum atomic E-state index is -0.323. The molecule has 0 saturated carbocycles. The van der Waals surface area contributed by atoms with E-state index >= 15 is 0 Å². The highest BCUT2D eigenvalue weighted by Crippen LogP contribution is 2.19. The van der Waals surface area contributed by atoms with Gasteiger partial charge < -0.3 is 14.8 Å². The molecule has 2 rings (SSSR count). The summed E-state index contributed by atoms with van der Waals surface area (Å²) in [7, 11) is 3.75. The standard InChI is InChI=1S/C11H14O3.C5H3ClOS.C2H7N/c1-2-13-9-11(12)14-8-10-6-4-3-5-7-10;6-5-2-1-4(3-7)8-5;1-3-2/h3-7H,2,8-9H2,1H3;1-3H;3H,1-2H3. The summed E-state index contributed by atoms with van der Waals surface area (Å²) in [6.45, 7) is 2.71. The van der Waals surface area contributed by atoms with E-state index in [4.69, 9.17) is 21.1 Å². The Labute approximate surface area is 157 Å². The van der Waals surface area contributed by atoms with Crippen LogP contribution in [0.3, 0.4) is 0 Å². The van der Waals surface area contributed by atoms with E-state index in [1.807, 2.05) is 51.4 Å². The van der Waals surface area contributed by atoms with Gasteiger partial charge in [0.2, 0.25) is 0 Å². The van der Waals surface area contributed by atoms with Crippen LogP contribution in [0.5, 0.6) is 0 Å². The molecular weight excluding hydrogens is 362 g/mol. The number of ether oxygens (including phenoxy) is 2. The molecule has 1 heterocycles. The molecule has 0 fully saturated rings. The lowest BCUT2D eigenvalue weighted by molar-refractivity contribution is -0.150. The monoisotopic (exact) mass is 385 g/mol. The van der Waals surface area contributed by atoms with Crippen molar-refractivity contribution in [1.82, 2.24) is 5.32 Å². The van der Waals surface area contributed by atoms with Crippen LogP contribution in [0.2, 0.25) is 4.34 Å². The van der Waals surface area contributed by atoms with Gasteiger partial charge in [0, 0.05) is 6.61 Å². The van der Waals surface area contributed by atoms with Crippen molar-refractivity contribution in [2.45, 2.75) is 13.5 Å². The Bertz CT molecular complexity index is 590. The van der Waals surface area contributed by atoms with Gasteiger partial charge >= 0.3 is 5.97 Å². The summed E-state index contributed by atoms with van der Waals surface area (Å²) in [5.74, 6) is -0.323. The molecule has 0 aliphatic rings. The number of nitrogens with one attached hydrogen (secondary N) is 1. The van der Waals surface area contributed by atoms with E-state index in [1.54, 1.807) is 12.1 Å². The molecular formula is C18H24ClNO4S. The molecule has 0 spiro atoms. The largest absolute Gasteiger partial charge is 0.459 e. The van der Waals surface area contributed by atoms with Gasteiger partial charge in [-0.25, -0.2) is 4.79 Å². The third kappa shape index (κ3) is 13.3. The maximum absolute atomic E-state index is 11.0. The Morgan fingerprint density at radius 1 is 1.20 bits per heavy atom. The van der Waals surface area contributed by atoms with Gasteiger partial charge in [-0.05, 0) is 38.7 Å². The molecule has 5 nitrogen and oxygen atoms in total. The van der Waals surface area contributed by atoms with Crippen LogP contribution in [0.25, 0.3) is 0 Å². The van der Waals surface area contributed by atoms with Gasteiger partial charge in [0.05, 0.1) is 9.21 Å². The van der Waals surface area contributed by atoms with Crippen molar-refractivity contribution in [3.05, 3.63) is 57.2 Å². The van der Waals surface area contributed by atoms with E-state index in [-0.39, 0.29) is 12.6 Å². The molecule has 0 bridgehead atoms. The minimum absolute atomic E-state index is 0.0311. The number of carbonyl (C=O) groups excluding carboxylic acids is 2. The molecule has 0 saturated heterocycles. The molecule has 0 amide bonds.